The molecule has 2 N–H and O–H groups in total. The molecule has 0 aromatic rings. The van der Waals surface area contributed by atoms with E-state index in [9.17, 15) is 4.79 Å². The molecule has 0 aromatic heterocycles. The maximum Gasteiger partial charge on any atom is 0.226 e. The first-order valence-corrected chi connectivity index (χ1v) is 6.56. The van der Waals surface area contributed by atoms with Crippen LogP contribution in [0.15, 0.2) is 0 Å². The Morgan fingerprint density at radius 2 is 2.19 bits per heavy atom. The molecule has 0 heterocycles. The number of nitrogens with zero attached hydrogens (tertiary/aromatic N) is 1. The highest BCUT2D eigenvalue weighted by Crippen LogP contribution is 2.27. The molecule has 3 unspecified atom stereocenters. The lowest BCUT2D eigenvalue weighted by atomic mass is 9.86. The van der Waals surface area contributed by atoms with Crippen LogP contribution in [0.4, 0.5) is 0 Å². The van der Waals surface area contributed by atoms with Crippen molar-refractivity contribution in [2.24, 2.45) is 17.6 Å². The molecular weight excluding hydrogens is 200 g/mol. The number of carbonyl (C=O) groups is 1. The lowest BCUT2D eigenvalue weighted by Crippen LogP contribution is -2.44. The number of rotatable bonds is 4. The highest BCUT2D eigenvalue weighted by Gasteiger charge is 2.28. The number of amides is 1. The molecule has 0 aromatic carbocycles. The van der Waals surface area contributed by atoms with Crippen LogP contribution in [0, 0.1) is 11.8 Å². The van der Waals surface area contributed by atoms with Gasteiger partial charge in [-0.3, -0.25) is 4.79 Å². The fraction of sp³-hybridized carbons (Fsp3) is 0.923. The molecular formula is C13H26N2O. The van der Waals surface area contributed by atoms with Crippen LogP contribution >= 0.6 is 0 Å². The van der Waals surface area contributed by atoms with Crippen molar-refractivity contribution in [3.8, 4) is 0 Å². The van der Waals surface area contributed by atoms with E-state index in [1.54, 1.807) is 0 Å². The minimum Gasteiger partial charge on any atom is -0.342 e. The van der Waals surface area contributed by atoms with E-state index in [1.165, 1.54) is 12.8 Å². The molecule has 1 saturated carbocycles. The first-order valence-electron chi connectivity index (χ1n) is 6.56. The van der Waals surface area contributed by atoms with E-state index in [1.807, 2.05) is 18.9 Å². The van der Waals surface area contributed by atoms with Crippen molar-refractivity contribution in [1.82, 2.24) is 4.90 Å². The van der Waals surface area contributed by atoms with Crippen molar-refractivity contribution in [3.05, 3.63) is 0 Å². The molecule has 3 heteroatoms. The Kier molecular flexibility index (Phi) is 5.26. The van der Waals surface area contributed by atoms with Gasteiger partial charge in [-0.1, -0.05) is 26.7 Å². The number of hydrogen-bond acceptors (Lipinski definition) is 2. The topological polar surface area (TPSA) is 46.3 Å². The Labute approximate surface area is 99.4 Å². The Morgan fingerprint density at radius 1 is 1.50 bits per heavy atom. The Balaban J connectivity index is 2.55. The molecule has 3 nitrogen and oxygen atoms in total. The standard InChI is InChI=1S/C13H26N2O/c1-4-11(9-14)13(16)15(3)12-7-5-6-10(2)8-12/h10-12H,4-9,14H2,1-3H3. The van der Waals surface area contributed by atoms with Gasteiger partial charge in [0.2, 0.25) is 5.91 Å². The molecule has 1 fully saturated rings. The van der Waals surface area contributed by atoms with Crippen molar-refractivity contribution >= 4 is 5.91 Å². The van der Waals surface area contributed by atoms with Gasteiger partial charge in [-0.25, -0.2) is 0 Å². The maximum atomic E-state index is 12.2. The molecule has 0 radical (unpaired) electrons. The summed E-state index contributed by atoms with van der Waals surface area (Å²) in [7, 11) is 1.95. The predicted molar refractivity (Wildman–Crippen MR) is 67.0 cm³/mol. The van der Waals surface area contributed by atoms with E-state index in [0.29, 0.717) is 12.6 Å². The van der Waals surface area contributed by atoms with Gasteiger partial charge in [0.25, 0.3) is 0 Å². The van der Waals surface area contributed by atoms with E-state index in [-0.39, 0.29) is 11.8 Å². The van der Waals surface area contributed by atoms with Gasteiger partial charge in [0.1, 0.15) is 0 Å². The third-order valence-electron chi connectivity index (χ3n) is 3.93. The smallest absolute Gasteiger partial charge is 0.226 e. The van der Waals surface area contributed by atoms with Crippen LogP contribution in [0.5, 0.6) is 0 Å². The van der Waals surface area contributed by atoms with E-state index in [2.05, 4.69) is 6.92 Å². The molecule has 3 atom stereocenters. The van der Waals surface area contributed by atoms with Crippen molar-refractivity contribution in [2.45, 2.75) is 52.0 Å². The van der Waals surface area contributed by atoms with Crippen LogP contribution in [-0.2, 0) is 4.79 Å². The number of carbonyl (C=O) groups excluding carboxylic acids is 1. The van der Waals surface area contributed by atoms with Crippen LogP contribution in [0.2, 0.25) is 0 Å². The summed E-state index contributed by atoms with van der Waals surface area (Å²) in [4.78, 5) is 14.1. The van der Waals surface area contributed by atoms with Gasteiger partial charge in [-0.2, -0.15) is 0 Å². The lowest BCUT2D eigenvalue weighted by Gasteiger charge is -2.35. The van der Waals surface area contributed by atoms with E-state index in [0.717, 1.165) is 25.2 Å². The summed E-state index contributed by atoms with van der Waals surface area (Å²) in [6.07, 6.45) is 5.73. The zero-order valence-electron chi connectivity index (χ0n) is 10.9. The van der Waals surface area contributed by atoms with Gasteiger partial charge in [0.15, 0.2) is 0 Å². The van der Waals surface area contributed by atoms with Gasteiger partial charge in [-0.15, -0.1) is 0 Å². The maximum absolute atomic E-state index is 12.2. The van der Waals surface area contributed by atoms with Gasteiger partial charge < -0.3 is 10.6 Å². The molecule has 1 aliphatic carbocycles. The van der Waals surface area contributed by atoms with Crippen LogP contribution in [0.3, 0.4) is 0 Å². The molecule has 0 spiro atoms. The predicted octanol–water partition coefficient (Wildman–Crippen LogP) is 2.01. The average Bonchev–Trinajstić information content (AvgIpc) is 2.29. The summed E-state index contributed by atoms with van der Waals surface area (Å²) in [6.45, 7) is 4.79. The lowest BCUT2D eigenvalue weighted by molar-refractivity contribution is -0.137. The van der Waals surface area contributed by atoms with Crippen LogP contribution in [-0.4, -0.2) is 30.4 Å². The second-order valence-electron chi connectivity index (χ2n) is 5.22. The van der Waals surface area contributed by atoms with Crippen LogP contribution in [0.25, 0.3) is 0 Å². The molecule has 1 aliphatic rings. The highest BCUT2D eigenvalue weighted by atomic mass is 16.2. The van der Waals surface area contributed by atoms with Gasteiger partial charge in [0.05, 0.1) is 5.92 Å². The van der Waals surface area contributed by atoms with Crippen LogP contribution < -0.4 is 5.73 Å². The zero-order chi connectivity index (χ0) is 12.1. The summed E-state index contributed by atoms with van der Waals surface area (Å²) in [5.74, 6) is 1.01. The largest absolute Gasteiger partial charge is 0.342 e. The van der Waals surface area contributed by atoms with Gasteiger partial charge >= 0.3 is 0 Å². The second kappa shape index (κ2) is 6.24. The quantitative estimate of drug-likeness (QED) is 0.797. The molecule has 94 valence electrons. The highest BCUT2D eigenvalue weighted by molar-refractivity contribution is 5.79. The second-order valence-corrected chi connectivity index (χ2v) is 5.22. The Bertz CT molecular complexity index is 226. The SMILES string of the molecule is CCC(CN)C(=O)N(C)C1CCCC(C)C1. The normalized spacial score (nSPS) is 27.5. The molecule has 0 aliphatic heterocycles. The molecule has 16 heavy (non-hydrogen) atoms. The fourth-order valence-electron chi connectivity index (χ4n) is 2.66. The first kappa shape index (κ1) is 13.5. The summed E-state index contributed by atoms with van der Waals surface area (Å²) in [5, 5.41) is 0. The van der Waals surface area contributed by atoms with Crippen LogP contribution in [0.1, 0.15) is 46.0 Å². The van der Waals surface area contributed by atoms with Crippen molar-refractivity contribution < 1.29 is 4.79 Å². The average molecular weight is 226 g/mol. The minimum absolute atomic E-state index is 0.0160. The monoisotopic (exact) mass is 226 g/mol. The van der Waals surface area contributed by atoms with Gasteiger partial charge in [-0.05, 0) is 25.2 Å². The summed E-state index contributed by atoms with van der Waals surface area (Å²) >= 11 is 0. The van der Waals surface area contributed by atoms with E-state index < -0.39 is 0 Å². The molecule has 1 rings (SSSR count). The Morgan fingerprint density at radius 3 is 2.69 bits per heavy atom. The number of nitrogens with two attached hydrogens (primary N) is 1. The fourth-order valence-corrected chi connectivity index (χ4v) is 2.66. The van der Waals surface area contributed by atoms with Crippen molar-refractivity contribution in [2.75, 3.05) is 13.6 Å². The van der Waals surface area contributed by atoms with E-state index in [4.69, 9.17) is 5.73 Å². The van der Waals surface area contributed by atoms with Crippen molar-refractivity contribution in [1.29, 1.82) is 0 Å². The summed E-state index contributed by atoms with van der Waals surface area (Å²) in [5.41, 5.74) is 5.63. The van der Waals surface area contributed by atoms with E-state index >= 15 is 0 Å². The first-order chi connectivity index (χ1) is 7.60. The summed E-state index contributed by atoms with van der Waals surface area (Å²) < 4.78 is 0. The summed E-state index contributed by atoms with van der Waals surface area (Å²) in [6, 6.07) is 0.442. The zero-order valence-corrected chi connectivity index (χ0v) is 10.9. The van der Waals surface area contributed by atoms with Gasteiger partial charge in [0, 0.05) is 19.6 Å². The third kappa shape index (κ3) is 3.21. The molecule has 0 bridgehead atoms. The van der Waals surface area contributed by atoms with Crippen molar-refractivity contribution in [3.63, 3.8) is 0 Å². The third-order valence-corrected chi connectivity index (χ3v) is 3.93. The molecule has 0 saturated heterocycles. The molecule has 1 amide bonds. The Hall–Kier alpha value is -0.570. The minimum atomic E-state index is 0.0160. The number of hydrogen-bond donors (Lipinski definition) is 1.